The van der Waals surface area contributed by atoms with E-state index in [0.717, 1.165) is 54.9 Å². The summed E-state index contributed by atoms with van der Waals surface area (Å²) in [5, 5.41) is 3.12. The fraction of sp³-hybridized carbons (Fsp3) is 0.588. The van der Waals surface area contributed by atoms with Crippen molar-refractivity contribution in [1.82, 2.24) is 4.90 Å². The third-order valence-corrected chi connectivity index (χ3v) is 4.39. The quantitative estimate of drug-likeness (QED) is 0.837. The minimum absolute atomic E-state index is 0.000990. The number of hydrogen-bond acceptors (Lipinski definition) is 3. The third kappa shape index (κ3) is 3.56. The van der Waals surface area contributed by atoms with Crippen molar-refractivity contribution in [2.45, 2.75) is 52.5 Å². The molecular formula is C17H27N3O. The Morgan fingerprint density at radius 1 is 1.38 bits per heavy atom. The fourth-order valence-electron chi connectivity index (χ4n) is 3.10. The number of hydrogen-bond donors (Lipinski definition) is 2. The predicted molar refractivity (Wildman–Crippen MR) is 88.5 cm³/mol. The van der Waals surface area contributed by atoms with E-state index in [1.807, 2.05) is 26.0 Å². The van der Waals surface area contributed by atoms with Crippen molar-refractivity contribution < 1.29 is 4.79 Å². The van der Waals surface area contributed by atoms with Crippen molar-refractivity contribution in [3.63, 3.8) is 0 Å². The number of nitrogen functional groups attached to an aromatic ring is 1. The van der Waals surface area contributed by atoms with Gasteiger partial charge in [0.25, 0.3) is 0 Å². The Kier molecular flexibility index (Phi) is 5.23. The first kappa shape index (κ1) is 15.8. The lowest BCUT2D eigenvalue weighted by atomic mass is 10.00. The van der Waals surface area contributed by atoms with Crippen LogP contribution in [0.2, 0.25) is 0 Å². The number of likely N-dealkylation sites (tertiary alicyclic amines) is 1. The SMILES string of the molecule is CCCN1CCCC[C@@H]1C(=O)Nc1c(C)ccc(N)c1C. The summed E-state index contributed by atoms with van der Waals surface area (Å²) in [4.78, 5) is 15.0. The lowest BCUT2D eigenvalue weighted by Gasteiger charge is -2.34. The Labute approximate surface area is 127 Å². The summed E-state index contributed by atoms with van der Waals surface area (Å²) in [5.41, 5.74) is 9.58. The van der Waals surface area contributed by atoms with Crippen LogP contribution in [0.25, 0.3) is 0 Å². The van der Waals surface area contributed by atoms with Crippen LogP contribution in [0.5, 0.6) is 0 Å². The standard InChI is InChI=1S/C17H27N3O/c1-4-10-20-11-6-5-7-15(20)17(21)19-16-12(2)8-9-14(18)13(16)3/h8-9,15H,4-7,10-11,18H2,1-3H3,(H,19,21)/t15-/m1/s1. The van der Waals surface area contributed by atoms with E-state index in [-0.39, 0.29) is 11.9 Å². The molecule has 21 heavy (non-hydrogen) atoms. The largest absolute Gasteiger partial charge is 0.398 e. The molecular weight excluding hydrogens is 262 g/mol. The van der Waals surface area contributed by atoms with Gasteiger partial charge >= 0.3 is 0 Å². The summed E-state index contributed by atoms with van der Waals surface area (Å²) in [5.74, 6) is 0.111. The number of piperidine rings is 1. The van der Waals surface area contributed by atoms with Gasteiger partial charge in [0, 0.05) is 11.4 Å². The van der Waals surface area contributed by atoms with Crippen molar-refractivity contribution in [2.75, 3.05) is 24.1 Å². The van der Waals surface area contributed by atoms with Crippen LogP contribution in [0.1, 0.15) is 43.7 Å². The molecule has 3 N–H and O–H groups in total. The summed E-state index contributed by atoms with van der Waals surface area (Å²) < 4.78 is 0. The van der Waals surface area contributed by atoms with Gasteiger partial charge in [-0.3, -0.25) is 9.69 Å². The third-order valence-electron chi connectivity index (χ3n) is 4.39. The van der Waals surface area contributed by atoms with Crippen molar-refractivity contribution in [1.29, 1.82) is 0 Å². The molecule has 2 rings (SSSR count). The number of nitrogens with zero attached hydrogens (tertiary/aromatic N) is 1. The van der Waals surface area contributed by atoms with Gasteiger partial charge in [-0.2, -0.15) is 0 Å². The molecule has 4 heteroatoms. The monoisotopic (exact) mass is 289 g/mol. The van der Waals surface area contributed by atoms with E-state index >= 15 is 0 Å². The van der Waals surface area contributed by atoms with E-state index in [9.17, 15) is 4.79 Å². The van der Waals surface area contributed by atoms with Crippen LogP contribution in [0.15, 0.2) is 12.1 Å². The molecule has 1 aliphatic rings. The summed E-state index contributed by atoms with van der Waals surface area (Å²) in [6.07, 6.45) is 4.36. The Hall–Kier alpha value is -1.55. The summed E-state index contributed by atoms with van der Waals surface area (Å²) in [6, 6.07) is 3.85. The molecule has 4 nitrogen and oxygen atoms in total. The molecule has 1 fully saturated rings. The van der Waals surface area contributed by atoms with Gasteiger partial charge < -0.3 is 11.1 Å². The second-order valence-electron chi connectivity index (χ2n) is 6.01. The van der Waals surface area contributed by atoms with E-state index in [4.69, 9.17) is 5.73 Å². The normalized spacial score (nSPS) is 19.5. The first-order chi connectivity index (χ1) is 10.0. The van der Waals surface area contributed by atoms with Crippen molar-refractivity contribution in [2.24, 2.45) is 0 Å². The van der Waals surface area contributed by atoms with Crippen LogP contribution in [0.4, 0.5) is 11.4 Å². The highest BCUT2D eigenvalue weighted by Gasteiger charge is 2.28. The van der Waals surface area contributed by atoms with E-state index in [1.54, 1.807) is 0 Å². The van der Waals surface area contributed by atoms with Gasteiger partial charge in [-0.1, -0.05) is 19.4 Å². The van der Waals surface area contributed by atoms with E-state index in [1.165, 1.54) is 6.42 Å². The minimum atomic E-state index is -0.000990. The molecule has 0 saturated carbocycles. The number of carbonyl (C=O) groups excluding carboxylic acids is 1. The van der Waals surface area contributed by atoms with Gasteiger partial charge in [0.1, 0.15) is 0 Å². The molecule has 0 bridgehead atoms. The topological polar surface area (TPSA) is 58.4 Å². The number of carbonyl (C=O) groups is 1. The highest BCUT2D eigenvalue weighted by Crippen LogP contribution is 2.26. The van der Waals surface area contributed by atoms with Gasteiger partial charge in [-0.05, 0) is 63.4 Å². The lowest BCUT2D eigenvalue weighted by molar-refractivity contribution is -0.122. The molecule has 1 saturated heterocycles. The molecule has 0 aromatic heterocycles. The summed E-state index contributed by atoms with van der Waals surface area (Å²) in [7, 11) is 0. The first-order valence-corrected chi connectivity index (χ1v) is 7.95. The van der Waals surface area contributed by atoms with Crippen molar-refractivity contribution >= 4 is 17.3 Å². The summed E-state index contributed by atoms with van der Waals surface area (Å²) in [6.45, 7) is 8.15. The number of anilines is 2. The zero-order valence-corrected chi connectivity index (χ0v) is 13.4. The Morgan fingerprint density at radius 3 is 2.86 bits per heavy atom. The van der Waals surface area contributed by atoms with Gasteiger partial charge in [-0.15, -0.1) is 0 Å². The van der Waals surface area contributed by atoms with Gasteiger partial charge in [0.15, 0.2) is 0 Å². The van der Waals surface area contributed by atoms with E-state index in [2.05, 4.69) is 17.1 Å². The lowest BCUT2D eigenvalue weighted by Crippen LogP contribution is -2.47. The number of nitrogens with two attached hydrogens (primary N) is 1. The summed E-state index contributed by atoms with van der Waals surface area (Å²) >= 11 is 0. The molecule has 1 atom stereocenters. The van der Waals surface area contributed by atoms with Gasteiger partial charge in [-0.25, -0.2) is 0 Å². The average molecular weight is 289 g/mol. The molecule has 1 aromatic carbocycles. The van der Waals surface area contributed by atoms with Crippen LogP contribution in [0, 0.1) is 13.8 Å². The molecule has 0 unspecified atom stereocenters. The maximum atomic E-state index is 12.7. The molecule has 0 radical (unpaired) electrons. The number of nitrogens with one attached hydrogen (secondary N) is 1. The second-order valence-corrected chi connectivity index (χ2v) is 6.01. The molecule has 0 aliphatic carbocycles. The maximum Gasteiger partial charge on any atom is 0.241 e. The zero-order valence-electron chi connectivity index (χ0n) is 13.4. The molecule has 1 aliphatic heterocycles. The highest BCUT2D eigenvalue weighted by atomic mass is 16.2. The number of benzene rings is 1. The van der Waals surface area contributed by atoms with E-state index in [0.29, 0.717) is 0 Å². The van der Waals surface area contributed by atoms with Crippen LogP contribution in [0.3, 0.4) is 0 Å². The maximum absolute atomic E-state index is 12.7. The molecule has 116 valence electrons. The number of rotatable bonds is 4. The van der Waals surface area contributed by atoms with Gasteiger partial charge in [0.05, 0.1) is 6.04 Å². The van der Waals surface area contributed by atoms with Crippen LogP contribution in [-0.2, 0) is 4.79 Å². The Bertz CT molecular complexity index is 511. The number of amides is 1. The Morgan fingerprint density at radius 2 is 2.14 bits per heavy atom. The van der Waals surface area contributed by atoms with Crippen LogP contribution >= 0.6 is 0 Å². The van der Waals surface area contributed by atoms with Crippen LogP contribution in [-0.4, -0.2) is 29.9 Å². The van der Waals surface area contributed by atoms with E-state index < -0.39 is 0 Å². The average Bonchev–Trinajstić information content (AvgIpc) is 2.48. The highest BCUT2D eigenvalue weighted by molar-refractivity contribution is 5.96. The molecule has 1 aromatic rings. The predicted octanol–water partition coefficient (Wildman–Crippen LogP) is 3.09. The second kappa shape index (κ2) is 6.94. The zero-order chi connectivity index (χ0) is 15.4. The first-order valence-electron chi connectivity index (χ1n) is 7.95. The van der Waals surface area contributed by atoms with Crippen molar-refractivity contribution in [3.8, 4) is 0 Å². The Balaban J connectivity index is 2.15. The van der Waals surface area contributed by atoms with Crippen molar-refractivity contribution in [3.05, 3.63) is 23.3 Å². The van der Waals surface area contributed by atoms with Crippen LogP contribution < -0.4 is 11.1 Å². The molecule has 0 spiro atoms. The fourth-order valence-corrected chi connectivity index (χ4v) is 3.10. The number of aryl methyl sites for hydroxylation is 1. The minimum Gasteiger partial charge on any atom is -0.398 e. The van der Waals surface area contributed by atoms with Gasteiger partial charge in [0.2, 0.25) is 5.91 Å². The molecule has 1 heterocycles. The molecule has 1 amide bonds. The smallest absolute Gasteiger partial charge is 0.241 e.